The van der Waals surface area contributed by atoms with E-state index in [1.807, 2.05) is 45.9 Å². The van der Waals surface area contributed by atoms with Crippen LogP contribution >= 0.6 is 22.6 Å². The van der Waals surface area contributed by atoms with Crippen LogP contribution in [0.4, 0.5) is 0 Å². The highest BCUT2D eigenvalue weighted by Gasteiger charge is 2.39. The molecule has 1 aromatic carbocycles. The molecule has 1 aliphatic heterocycles. The van der Waals surface area contributed by atoms with Gasteiger partial charge in [-0.05, 0) is 89.0 Å². The molecule has 43 heavy (non-hydrogen) atoms. The van der Waals surface area contributed by atoms with E-state index in [4.69, 9.17) is 9.16 Å². The fraction of sp³-hybridized carbons (Fsp3) is 0.727. The van der Waals surface area contributed by atoms with Gasteiger partial charge in [-0.25, -0.2) is 4.79 Å². The lowest BCUT2D eigenvalue weighted by Gasteiger charge is -2.36. The maximum absolute atomic E-state index is 13.8. The number of rotatable bonds is 5. The largest absolute Gasteiger partial charge is 0.543 e. The van der Waals surface area contributed by atoms with E-state index in [1.165, 1.54) is 4.90 Å². The predicted molar refractivity (Wildman–Crippen MR) is 182 cm³/mol. The number of aliphatic hydroxyl groups is 1. The monoisotopic (exact) mass is 730 g/mol. The molecule has 2 rings (SSSR count). The van der Waals surface area contributed by atoms with Crippen LogP contribution in [0.2, 0.25) is 18.1 Å². The Kier molecular flexibility index (Phi) is 13.6. The first-order chi connectivity index (χ1) is 19.7. The second-order valence-electron chi connectivity index (χ2n) is 14.5. The first-order valence-electron chi connectivity index (χ1n) is 15.6. The Labute approximate surface area is 274 Å². The summed E-state index contributed by atoms with van der Waals surface area (Å²) >= 11 is 2.26. The fourth-order valence-electron chi connectivity index (χ4n) is 5.17. The van der Waals surface area contributed by atoms with E-state index < -0.39 is 32.5 Å². The lowest BCUT2D eigenvalue weighted by atomic mass is 9.84. The molecule has 1 aliphatic rings. The van der Waals surface area contributed by atoms with Gasteiger partial charge < -0.3 is 24.5 Å². The number of cyclic esters (lactones) is 1. The Morgan fingerprint density at radius 3 is 2.30 bits per heavy atom. The number of ether oxygens (including phenoxy) is 1. The maximum Gasteiger partial charge on any atom is 0.329 e. The summed E-state index contributed by atoms with van der Waals surface area (Å²) in [6.45, 7) is 20.7. The minimum absolute atomic E-state index is 0.0178. The van der Waals surface area contributed by atoms with Gasteiger partial charge in [0.15, 0.2) is 0 Å². The molecule has 8 nitrogen and oxygen atoms in total. The Bertz CT molecular complexity index is 1120. The summed E-state index contributed by atoms with van der Waals surface area (Å²) in [5.74, 6) is -0.375. The number of hydrogen-bond acceptors (Lipinski definition) is 6. The van der Waals surface area contributed by atoms with Crippen molar-refractivity contribution in [2.45, 2.75) is 117 Å². The van der Waals surface area contributed by atoms with Crippen LogP contribution in [0.25, 0.3) is 0 Å². The molecule has 2 amide bonds. The van der Waals surface area contributed by atoms with Gasteiger partial charge in [-0.3, -0.25) is 9.59 Å². The highest BCUT2D eigenvalue weighted by Crippen LogP contribution is 2.38. The molecule has 244 valence electrons. The fourth-order valence-corrected chi connectivity index (χ4v) is 7.10. The second-order valence-corrected chi connectivity index (χ2v) is 20.4. The minimum Gasteiger partial charge on any atom is -0.543 e. The van der Waals surface area contributed by atoms with E-state index in [1.54, 1.807) is 7.05 Å². The number of nitrogens with zero attached hydrogens (tertiary/aromatic N) is 1. The van der Waals surface area contributed by atoms with Crippen LogP contribution in [0.3, 0.4) is 0 Å². The van der Waals surface area contributed by atoms with Crippen molar-refractivity contribution in [2.24, 2.45) is 23.7 Å². The molecular formula is C33H55IN2O6Si. The minimum atomic E-state index is -2.04. The summed E-state index contributed by atoms with van der Waals surface area (Å²) in [5.41, 5.74) is 0.865. The molecule has 2 N–H and O–H groups in total. The third-order valence-electron chi connectivity index (χ3n) is 9.26. The van der Waals surface area contributed by atoms with E-state index >= 15 is 0 Å². The molecule has 0 spiro atoms. The molecule has 1 aromatic rings. The molecular weight excluding hydrogens is 675 g/mol. The van der Waals surface area contributed by atoms with Crippen LogP contribution in [-0.2, 0) is 25.5 Å². The first kappa shape index (κ1) is 37.5. The van der Waals surface area contributed by atoms with E-state index in [9.17, 15) is 19.5 Å². The summed E-state index contributed by atoms with van der Waals surface area (Å²) in [6.07, 6.45) is 0.797. The van der Waals surface area contributed by atoms with Gasteiger partial charge >= 0.3 is 5.97 Å². The normalized spacial score (nSPS) is 27.6. The zero-order chi connectivity index (χ0) is 32.9. The number of benzene rings is 1. The van der Waals surface area contributed by atoms with Gasteiger partial charge in [0.05, 0.1) is 16.2 Å². The van der Waals surface area contributed by atoms with E-state index in [0.717, 1.165) is 21.3 Å². The van der Waals surface area contributed by atoms with Crippen molar-refractivity contribution in [3.05, 3.63) is 27.3 Å². The highest BCUT2D eigenvalue weighted by molar-refractivity contribution is 14.1. The Morgan fingerprint density at radius 2 is 1.74 bits per heavy atom. The van der Waals surface area contributed by atoms with Gasteiger partial charge in [-0.15, -0.1) is 0 Å². The third kappa shape index (κ3) is 10.7. The number of likely N-dealkylation sites (N-methyl/N-ethyl adjacent to an activating group) is 1. The summed E-state index contributed by atoms with van der Waals surface area (Å²) in [6, 6.07) is 4.96. The molecule has 1 heterocycles. The highest BCUT2D eigenvalue weighted by atomic mass is 127. The van der Waals surface area contributed by atoms with Gasteiger partial charge in [-0.1, -0.05) is 61.5 Å². The van der Waals surface area contributed by atoms with Crippen molar-refractivity contribution < 1.29 is 28.7 Å². The van der Waals surface area contributed by atoms with Crippen molar-refractivity contribution in [2.75, 3.05) is 13.6 Å². The Hall–Kier alpha value is -1.66. The zero-order valence-electron chi connectivity index (χ0n) is 28.1. The molecule has 0 aromatic heterocycles. The summed E-state index contributed by atoms with van der Waals surface area (Å²) in [4.78, 5) is 41.3. The van der Waals surface area contributed by atoms with Gasteiger partial charge in [0, 0.05) is 25.8 Å². The van der Waals surface area contributed by atoms with Gasteiger partial charge in [0.2, 0.25) is 11.8 Å². The van der Waals surface area contributed by atoms with Gasteiger partial charge in [0.25, 0.3) is 8.32 Å². The Balaban J connectivity index is 2.40. The summed E-state index contributed by atoms with van der Waals surface area (Å²) in [7, 11) is -0.465. The number of carbonyl (C=O) groups is 3. The van der Waals surface area contributed by atoms with E-state index in [2.05, 4.69) is 68.7 Å². The van der Waals surface area contributed by atoms with E-state index in [-0.39, 0.29) is 53.5 Å². The number of esters is 1. The van der Waals surface area contributed by atoms with Crippen LogP contribution in [0.5, 0.6) is 5.75 Å². The van der Waals surface area contributed by atoms with Crippen LogP contribution in [-0.4, -0.2) is 67.9 Å². The topological polar surface area (TPSA) is 105 Å². The van der Waals surface area contributed by atoms with Crippen LogP contribution in [0.1, 0.15) is 80.2 Å². The molecule has 10 heteroatoms. The molecule has 0 bridgehead atoms. The molecule has 1 saturated heterocycles. The third-order valence-corrected chi connectivity index (χ3v) is 14.4. The average molecular weight is 731 g/mol. The molecule has 1 fully saturated rings. The standard InChI is InChI=1S/C33H55IN2O6Si/c1-20(2)29-18-27(37)22(4)14-21(3)15-23(5)31(39)35-19-30(38)36(9)26(32(40)41-29)17-24-12-13-28(25(34)16-24)42-43(10,11)33(6,7)8/h12-13,16,20-23,26-27,29,37H,14-15,17-19H2,1-11H3,(H,35,39)/t21-,22+,23-,26+,27-,29-/m0/s1. The maximum atomic E-state index is 13.8. The van der Waals surface area contributed by atoms with Crippen LogP contribution < -0.4 is 9.74 Å². The quantitative estimate of drug-likeness (QED) is 0.213. The van der Waals surface area contributed by atoms with E-state index in [0.29, 0.717) is 12.8 Å². The number of nitrogens with one attached hydrogen (secondary N) is 1. The molecule has 6 atom stereocenters. The number of halogens is 1. The molecule has 0 aliphatic carbocycles. The smallest absolute Gasteiger partial charge is 0.329 e. The Morgan fingerprint density at radius 1 is 1.12 bits per heavy atom. The molecule has 0 saturated carbocycles. The van der Waals surface area contributed by atoms with Crippen molar-refractivity contribution in [1.82, 2.24) is 10.2 Å². The number of amides is 2. The number of carbonyl (C=O) groups excluding carboxylic acids is 3. The van der Waals surface area contributed by atoms with Gasteiger partial charge in [-0.2, -0.15) is 0 Å². The van der Waals surface area contributed by atoms with Crippen molar-refractivity contribution in [1.29, 1.82) is 0 Å². The predicted octanol–water partition coefficient (Wildman–Crippen LogP) is 6.18. The van der Waals surface area contributed by atoms with Crippen LogP contribution in [0, 0.1) is 27.2 Å². The molecule has 0 radical (unpaired) electrons. The van der Waals surface area contributed by atoms with Crippen molar-refractivity contribution in [3.63, 3.8) is 0 Å². The van der Waals surface area contributed by atoms with Crippen molar-refractivity contribution >= 4 is 48.7 Å². The summed E-state index contributed by atoms with van der Waals surface area (Å²) < 4.78 is 13.5. The van der Waals surface area contributed by atoms with Gasteiger partial charge in [0.1, 0.15) is 17.9 Å². The lowest BCUT2D eigenvalue weighted by Crippen LogP contribution is -2.50. The second kappa shape index (κ2) is 15.6. The number of hydrogen-bond donors (Lipinski definition) is 2. The average Bonchev–Trinajstić information content (AvgIpc) is 2.89. The summed E-state index contributed by atoms with van der Waals surface area (Å²) in [5, 5.41) is 13.9. The zero-order valence-corrected chi connectivity index (χ0v) is 31.3. The first-order valence-corrected chi connectivity index (χ1v) is 19.6. The number of aliphatic hydroxyl groups excluding tert-OH is 1. The molecule has 0 unspecified atom stereocenters. The van der Waals surface area contributed by atoms with Crippen LogP contribution in [0.15, 0.2) is 18.2 Å². The lowest BCUT2D eigenvalue weighted by molar-refractivity contribution is -0.162. The van der Waals surface area contributed by atoms with Crippen molar-refractivity contribution in [3.8, 4) is 5.75 Å². The SMILES string of the molecule is CC(C)[C@@H]1C[C@H](O)[C@H](C)C[C@H](C)C[C@H](C)C(=O)NCC(=O)N(C)[C@H](Cc2ccc(O[Si](C)(C)C(C)(C)C)c(I)c2)C(=O)O1.